The third-order valence-electron chi connectivity index (χ3n) is 4.25. The molecule has 120 valence electrons. The number of nitrogens with zero attached hydrogens (tertiary/aromatic N) is 3. The Morgan fingerprint density at radius 3 is 2.57 bits per heavy atom. The van der Waals surface area contributed by atoms with Gasteiger partial charge in [-0.15, -0.1) is 0 Å². The van der Waals surface area contributed by atoms with Crippen LogP contribution in [0.1, 0.15) is 0 Å². The predicted molar refractivity (Wildman–Crippen MR) is 97.2 cm³/mol. The SMILES string of the molecule is CN1CCOC(CN2SN(c3ccccc3)c3ccccc32)C1. The molecule has 23 heavy (non-hydrogen) atoms. The van der Waals surface area contributed by atoms with Gasteiger partial charge >= 0.3 is 0 Å². The standard InChI is InChI=1S/C18H21N3OS/c1-19-11-12-22-16(13-19)14-20-17-9-5-6-10-18(17)21(23-20)15-7-3-2-4-8-15/h2-10,16H,11-14H2,1H3. The summed E-state index contributed by atoms with van der Waals surface area (Å²) in [5.41, 5.74) is 3.71. The molecule has 2 aromatic carbocycles. The molecule has 0 radical (unpaired) electrons. The molecule has 2 aromatic rings. The summed E-state index contributed by atoms with van der Waals surface area (Å²) in [6.45, 7) is 3.74. The summed E-state index contributed by atoms with van der Waals surface area (Å²) in [5.74, 6) is 0. The molecule has 0 N–H and O–H groups in total. The van der Waals surface area contributed by atoms with Crippen molar-refractivity contribution in [3.05, 3.63) is 54.6 Å². The van der Waals surface area contributed by atoms with E-state index in [1.54, 1.807) is 12.1 Å². The molecule has 0 aromatic heterocycles. The summed E-state index contributed by atoms with van der Waals surface area (Å²) in [5, 5.41) is 0. The Labute approximate surface area is 141 Å². The number of benzene rings is 2. The van der Waals surface area contributed by atoms with E-state index in [4.69, 9.17) is 4.74 Å². The zero-order valence-electron chi connectivity index (χ0n) is 13.3. The average Bonchev–Trinajstić information content (AvgIpc) is 2.95. The van der Waals surface area contributed by atoms with E-state index in [0.29, 0.717) is 0 Å². The van der Waals surface area contributed by atoms with Crippen molar-refractivity contribution in [2.75, 3.05) is 41.9 Å². The van der Waals surface area contributed by atoms with Crippen LogP contribution >= 0.6 is 12.1 Å². The van der Waals surface area contributed by atoms with E-state index < -0.39 is 0 Å². The first-order valence-corrected chi connectivity index (χ1v) is 8.74. The number of likely N-dealkylation sites (N-methyl/N-ethyl adjacent to an activating group) is 1. The summed E-state index contributed by atoms with van der Waals surface area (Å²) in [7, 11) is 2.16. The van der Waals surface area contributed by atoms with Crippen molar-refractivity contribution in [3.63, 3.8) is 0 Å². The zero-order valence-corrected chi connectivity index (χ0v) is 14.1. The second-order valence-corrected chi connectivity index (χ2v) is 6.99. The summed E-state index contributed by atoms with van der Waals surface area (Å²) >= 11 is 1.76. The number of anilines is 3. The maximum Gasteiger partial charge on any atom is 0.0887 e. The van der Waals surface area contributed by atoms with Gasteiger partial charge in [0.25, 0.3) is 0 Å². The zero-order chi connectivity index (χ0) is 15.6. The van der Waals surface area contributed by atoms with Gasteiger partial charge in [-0.1, -0.05) is 30.3 Å². The summed E-state index contributed by atoms with van der Waals surface area (Å²) in [6, 6.07) is 19.1. The molecule has 1 fully saturated rings. The van der Waals surface area contributed by atoms with E-state index in [-0.39, 0.29) is 6.10 Å². The number of ether oxygens (including phenoxy) is 1. The maximum atomic E-state index is 5.95. The van der Waals surface area contributed by atoms with E-state index in [0.717, 1.165) is 26.2 Å². The number of para-hydroxylation sites is 3. The molecule has 0 bridgehead atoms. The van der Waals surface area contributed by atoms with Crippen LogP contribution in [0.25, 0.3) is 0 Å². The van der Waals surface area contributed by atoms with Gasteiger partial charge in [0, 0.05) is 13.1 Å². The largest absolute Gasteiger partial charge is 0.374 e. The Morgan fingerprint density at radius 1 is 1.04 bits per heavy atom. The minimum absolute atomic E-state index is 0.255. The van der Waals surface area contributed by atoms with Crippen LogP contribution in [-0.2, 0) is 4.74 Å². The third-order valence-corrected chi connectivity index (χ3v) is 5.37. The van der Waals surface area contributed by atoms with Gasteiger partial charge in [-0.25, -0.2) is 0 Å². The van der Waals surface area contributed by atoms with Crippen molar-refractivity contribution >= 4 is 29.2 Å². The lowest BCUT2D eigenvalue weighted by atomic mass is 10.2. The first kappa shape index (κ1) is 14.9. The number of morpholine rings is 1. The molecule has 1 saturated heterocycles. The van der Waals surface area contributed by atoms with Crippen molar-refractivity contribution in [2.24, 2.45) is 0 Å². The second kappa shape index (κ2) is 6.43. The lowest BCUT2D eigenvalue weighted by Crippen LogP contribution is -2.44. The maximum absolute atomic E-state index is 5.95. The van der Waals surface area contributed by atoms with E-state index >= 15 is 0 Å². The average molecular weight is 327 g/mol. The van der Waals surface area contributed by atoms with Gasteiger partial charge in [0.05, 0.1) is 48.5 Å². The highest BCUT2D eigenvalue weighted by Gasteiger charge is 2.31. The summed E-state index contributed by atoms with van der Waals surface area (Å²) in [6.07, 6.45) is 0.255. The Hall–Kier alpha value is -1.69. The quantitative estimate of drug-likeness (QED) is 0.801. The van der Waals surface area contributed by atoms with Gasteiger partial charge in [0.15, 0.2) is 0 Å². The fourth-order valence-corrected chi connectivity index (χ4v) is 4.21. The van der Waals surface area contributed by atoms with Crippen molar-refractivity contribution < 1.29 is 4.74 Å². The molecule has 2 aliphatic rings. The summed E-state index contributed by atoms with van der Waals surface area (Å²) < 4.78 is 10.6. The molecule has 4 nitrogen and oxygen atoms in total. The highest BCUT2D eigenvalue weighted by molar-refractivity contribution is 8.02. The Bertz CT molecular complexity index is 666. The monoisotopic (exact) mass is 327 g/mol. The van der Waals surface area contributed by atoms with Gasteiger partial charge in [0.1, 0.15) is 0 Å². The molecule has 5 heteroatoms. The lowest BCUT2D eigenvalue weighted by molar-refractivity contribution is -0.0130. The number of fused-ring (bicyclic) bond motifs is 1. The van der Waals surface area contributed by atoms with Crippen LogP contribution in [0, 0.1) is 0 Å². The molecule has 4 rings (SSSR count). The lowest BCUT2D eigenvalue weighted by Gasteiger charge is -2.32. The molecule has 0 spiro atoms. The minimum atomic E-state index is 0.255. The molecular weight excluding hydrogens is 306 g/mol. The fraction of sp³-hybridized carbons (Fsp3) is 0.333. The van der Waals surface area contributed by atoms with E-state index in [9.17, 15) is 0 Å². The fourth-order valence-electron chi connectivity index (χ4n) is 3.08. The molecule has 0 aliphatic carbocycles. The van der Waals surface area contributed by atoms with Gasteiger partial charge in [0.2, 0.25) is 0 Å². The second-order valence-electron chi connectivity index (χ2n) is 6.02. The third kappa shape index (κ3) is 3.04. The summed E-state index contributed by atoms with van der Waals surface area (Å²) in [4.78, 5) is 2.34. The molecule has 0 saturated carbocycles. The predicted octanol–water partition coefficient (Wildman–Crippen LogP) is 3.54. The van der Waals surface area contributed by atoms with Crippen LogP contribution < -0.4 is 8.61 Å². The van der Waals surface area contributed by atoms with E-state index in [2.05, 4.69) is 75.2 Å². The van der Waals surface area contributed by atoms with Gasteiger partial charge in [-0.05, 0) is 31.3 Å². The van der Waals surface area contributed by atoms with Crippen LogP contribution in [0.4, 0.5) is 17.1 Å². The highest BCUT2D eigenvalue weighted by atomic mass is 32.2. The Morgan fingerprint density at radius 2 is 1.78 bits per heavy atom. The van der Waals surface area contributed by atoms with Crippen LogP contribution in [-0.4, -0.2) is 44.3 Å². The van der Waals surface area contributed by atoms with Crippen molar-refractivity contribution in [1.82, 2.24) is 4.90 Å². The highest BCUT2D eigenvalue weighted by Crippen LogP contribution is 2.48. The van der Waals surface area contributed by atoms with Crippen LogP contribution in [0.2, 0.25) is 0 Å². The van der Waals surface area contributed by atoms with Gasteiger partial charge in [-0.2, -0.15) is 0 Å². The van der Waals surface area contributed by atoms with Gasteiger partial charge in [-0.3, -0.25) is 8.61 Å². The van der Waals surface area contributed by atoms with Crippen LogP contribution in [0.3, 0.4) is 0 Å². The minimum Gasteiger partial charge on any atom is -0.374 e. The molecule has 1 atom stereocenters. The first-order chi connectivity index (χ1) is 11.3. The number of hydrogen-bond acceptors (Lipinski definition) is 5. The Balaban J connectivity index is 1.58. The Kier molecular flexibility index (Phi) is 4.16. The molecule has 2 heterocycles. The van der Waals surface area contributed by atoms with Crippen LogP contribution in [0.5, 0.6) is 0 Å². The van der Waals surface area contributed by atoms with Crippen molar-refractivity contribution in [1.29, 1.82) is 0 Å². The van der Waals surface area contributed by atoms with Gasteiger partial charge < -0.3 is 9.64 Å². The molecular formula is C18H21N3OS. The molecule has 1 unspecified atom stereocenters. The topological polar surface area (TPSA) is 19.0 Å². The smallest absolute Gasteiger partial charge is 0.0887 e. The van der Waals surface area contributed by atoms with E-state index in [1.165, 1.54) is 17.1 Å². The number of hydrogen-bond donors (Lipinski definition) is 0. The van der Waals surface area contributed by atoms with Crippen molar-refractivity contribution in [2.45, 2.75) is 6.10 Å². The first-order valence-electron chi connectivity index (χ1n) is 8.01. The van der Waals surface area contributed by atoms with E-state index in [1.807, 2.05) is 0 Å². The molecule has 0 amide bonds. The number of rotatable bonds is 3. The molecule has 2 aliphatic heterocycles. The normalized spacial score (nSPS) is 21.5. The van der Waals surface area contributed by atoms with Crippen molar-refractivity contribution in [3.8, 4) is 0 Å². The van der Waals surface area contributed by atoms with Crippen LogP contribution in [0.15, 0.2) is 54.6 Å².